The summed E-state index contributed by atoms with van der Waals surface area (Å²) in [6, 6.07) is 11.3. The minimum atomic E-state index is -1.02. The molecule has 0 aliphatic carbocycles. The van der Waals surface area contributed by atoms with Gasteiger partial charge in [-0.15, -0.1) is 0 Å². The lowest BCUT2D eigenvalue weighted by Gasteiger charge is -2.40. The Hall–Kier alpha value is -2.30. The second kappa shape index (κ2) is 7.51. The number of halogens is 1. The van der Waals surface area contributed by atoms with E-state index >= 15 is 0 Å². The first-order valence-corrected chi connectivity index (χ1v) is 10.1. The molecule has 0 bridgehead atoms. The first-order chi connectivity index (χ1) is 13.5. The zero-order valence-electron chi connectivity index (χ0n) is 17.7. The van der Waals surface area contributed by atoms with Gasteiger partial charge < -0.3 is 14.6 Å². The van der Waals surface area contributed by atoms with Gasteiger partial charge in [0.2, 0.25) is 0 Å². The van der Waals surface area contributed by atoms with E-state index in [1.54, 1.807) is 40.9 Å². The summed E-state index contributed by atoms with van der Waals surface area (Å²) >= 11 is 6.20. The Labute approximate surface area is 177 Å². The summed E-state index contributed by atoms with van der Waals surface area (Å²) in [7, 11) is 1.62. The smallest absolute Gasteiger partial charge is 0.198 e. The van der Waals surface area contributed by atoms with Crippen LogP contribution in [-0.2, 0) is 16.0 Å². The number of hydrogen-bond donors (Lipinski definition) is 1. The maximum atomic E-state index is 13.1. The third kappa shape index (κ3) is 3.79. The molecule has 1 heterocycles. The van der Waals surface area contributed by atoms with Crippen LogP contribution in [-0.4, -0.2) is 29.2 Å². The van der Waals surface area contributed by atoms with E-state index in [2.05, 4.69) is 0 Å². The largest absolute Gasteiger partial charge is 0.508 e. The lowest BCUT2D eigenvalue weighted by Crippen LogP contribution is -2.49. The molecule has 0 amide bonds. The molecule has 0 radical (unpaired) electrons. The fourth-order valence-electron chi connectivity index (χ4n) is 3.90. The highest BCUT2D eigenvalue weighted by atomic mass is 35.5. The van der Waals surface area contributed by atoms with Gasteiger partial charge in [-0.1, -0.05) is 36.7 Å². The molecule has 0 unspecified atom stereocenters. The third-order valence-electron chi connectivity index (χ3n) is 5.32. The first kappa shape index (κ1) is 21.4. The van der Waals surface area contributed by atoms with Crippen LogP contribution < -0.4 is 4.74 Å². The van der Waals surface area contributed by atoms with Gasteiger partial charge in [0.15, 0.2) is 5.78 Å². The van der Waals surface area contributed by atoms with E-state index in [9.17, 15) is 9.90 Å². The van der Waals surface area contributed by atoms with Crippen molar-refractivity contribution in [2.45, 2.75) is 52.2 Å². The number of ketones is 1. The Morgan fingerprint density at radius 1 is 1.03 bits per heavy atom. The predicted molar refractivity (Wildman–Crippen MR) is 117 cm³/mol. The second-order valence-electron chi connectivity index (χ2n) is 8.25. The highest BCUT2D eigenvalue weighted by molar-refractivity contribution is 6.31. The van der Waals surface area contributed by atoms with Gasteiger partial charge in [-0.25, -0.2) is 0 Å². The quantitative estimate of drug-likeness (QED) is 0.666. The number of carbonyl (C=O) groups excluding carboxylic acids is 1. The molecule has 0 aromatic heterocycles. The second-order valence-corrected chi connectivity index (χ2v) is 8.68. The number of Topliss-reactive ketones (excluding diaryl/α,β-unsaturated/α-hetero) is 1. The fourth-order valence-corrected chi connectivity index (χ4v) is 4.07. The fraction of sp³-hybridized carbons (Fsp3) is 0.375. The minimum Gasteiger partial charge on any atom is -0.508 e. The van der Waals surface area contributed by atoms with Crippen LogP contribution in [0, 0.1) is 0 Å². The van der Waals surface area contributed by atoms with E-state index in [-0.39, 0.29) is 11.5 Å². The van der Waals surface area contributed by atoms with Crippen molar-refractivity contribution in [3.05, 3.63) is 58.3 Å². The lowest BCUT2D eigenvalue weighted by molar-refractivity contribution is -0.158. The van der Waals surface area contributed by atoms with Gasteiger partial charge in [-0.2, -0.15) is 0 Å². The Morgan fingerprint density at radius 2 is 1.72 bits per heavy atom. The van der Waals surface area contributed by atoms with Crippen LogP contribution in [0.4, 0.5) is 0 Å². The van der Waals surface area contributed by atoms with Gasteiger partial charge in [0, 0.05) is 10.6 Å². The molecular formula is C24H27ClO4. The minimum absolute atomic E-state index is 0.0374. The number of benzene rings is 2. The highest BCUT2D eigenvalue weighted by Gasteiger charge is 2.47. The Balaban J connectivity index is 2.21. The molecule has 0 spiro atoms. The number of aliphatic hydroxyl groups excluding tert-OH is 1. The topological polar surface area (TPSA) is 55.8 Å². The molecule has 0 saturated carbocycles. The number of ether oxygens (including phenoxy) is 2. The Kier molecular flexibility index (Phi) is 5.54. The summed E-state index contributed by atoms with van der Waals surface area (Å²) < 4.78 is 11.3. The summed E-state index contributed by atoms with van der Waals surface area (Å²) in [4.78, 5) is 13.1. The van der Waals surface area contributed by atoms with Crippen molar-refractivity contribution in [2.75, 3.05) is 7.11 Å². The van der Waals surface area contributed by atoms with Gasteiger partial charge in [-0.05, 0) is 69.0 Å². The standard InChI is InChI=1S/C24H27ClO4/c1-7-14-12-15(18-13-16(25)9-11-19(18)28-6)8-10-17(14)20-21(26)23(2,3)29-24(4,5)22(20)27/h8-13,26H,7H2,1-6H3. The molecule has 5 heteroatoms. The normalized spacial score (nSPS) is 18.1. The summed E-state index contributed by atoms with van der Waals surface area (Å²) in [5.41, 5.74) is 1.84. The average molecular weight is 415 g/mol. The zero-order valence-corrected chi connectivity index (χ0v) is 18.5. The van der Waals surface area contributed by atoms with Gasteiger partial charge in [0.05, 0.1) is 12.7 Å². The molecule has 1 aliphatic rings. The van der Waals surface area contributed by atoms with E-state index in [1.165, 1.54) is 0 Å². The summed E-state index contributed by atoms with van der Waals surface area (Å²) in [6.07, 6.45) is 0.692. The molecule has 154 valence electrons. The van der Waals surface area contributed by atoms with E-state index < -0.39 is 11.2 Å². The molecular weight excluding hydrogens is 388 g/mol. The van der Waals surface area contributed by atoms with Crippen molar-refractivity contribution < 1.29 is 19.4 Å². The predicted octanol–water partition coefficient (Wildman–Crippen LogP) is 6.00. The van der Waals surface area contributed by atoms with Crippen LogP contribution in [0.25, 0.3) is 16.7 Å². The number of methoxy groups -OCH3 is 1. The monoisotopic (exact) mass is 414 g/mol. The molecule has 4 nitrogen and oxygen atoms in total. The molecule has 3 rings (SSSR count). The van der Waals surface area contributed by atoms with Crippen molar-refractivity contribution in [2.24, 2.45) is 0 Å². The zero-order chi connectivity index (χ0) is 21.6. The molecule has 29 heavy (non-hydrogen) atoms. The van der Waals surface area contributed by atoms with E-state index in [0.717, 1.165) is 28.0 Å². The summed E-state index contributed by atoms with van der Waals surface area (Å²) in [6.45, 7) is 9.04. The van der Waals surface area contributed by atoms with E-state index in [0.29, 0.717) is 17.0 Å². The maximum Gasteiger partial charge on any atom is 0.198 e. The molecule has 2 aromatic rings. The van der Waals surface area contributed by atoms with Crippen LogP contribution in [0.2, 0.25) is 5.02 Å². The van der Waals surface area contributed by atoms with Crippen molar-refractivity contribution >= 4 is 23.0 Å². The molecule has 0 saturated heterocycles. The van der Waals surface area contributed by atoms with Gasteiger partial charge in [0.25, 0.3) is 0 Å². The Morgan fingerprint density at radius 3 is 2.34 bits per heavy atom. The van der Waals surface area contributed by atoms with Crippen molar-refractivity contribution in [1.82, 2.24) is 0 Å². The summed E-state index contributed by atoms with van der Waals surface area (Å²) in [5, 5.41) is 11.5. The summed E-state index contributed by atoms with van der Waals surface area (Å²) in [5.74, 6) is 0.456. The molecule has 1 aliphatic heterocycles. The number of rotatable bonds is 4. The SMILES string of the molecule is CCc1cc(-c2cc(Cl)ccc2OC)ccc1C1=C(O)C(C)(C)OC(C)(C)C1=O. The van der Waals surface area contributed by atoms with E-state index in [1.807, 2.05) is 37.3 Å². The lowest BCUT2D eigenvalue weighted by atomic mass is 9.81. The molecule has 0 fully saturated rings. The van der Waals surface area contributed by atoms with Crippen LogP contribution >= 0.6 is 11.6 Å². The number of aryl methyl sites for hydroxylation is 1. The maximum absolute atomic E-state index is 13.1. The van der Waals surface area contributed by atoms with Crippen LogP contribution in [0.5, 0.6) is 5.75 Å². The van der Waals surface area contributed by atoms with Crippen molar-refractivity contribution in [1.29, 1.82) is 0 Å². The number of aliphatic hydroxyl groups is 1. The van der Waals surface area contributed by atoms with Crippen LogP contribution in [0.1, 0.15) is 45.7 Å². The van der Waals surface area contributed by atoms with E-state index in [4.69, 9.17) is 21.1 Å². The average Bonchev–Trinajstić information content (AvgIpc) is 2.66. The molecule has 2 aromatic carbocycles. The number of hydrogen-bond acceptors (Lipinski definition) is 4. The highest BCUT2D eigenvalue weighted by Crippen LogP contribution is 2.42. The number of carbonyl (C=O) groups is 1. The van der Waals surface area contributed by atoms with Gasteiger partial charge >= 0.3 is 0 Å². The molecule has 1 N–H and O–H groups in total. The van der Waals surface area contributed by atoms with Gasteiger partial charge in [-0.3, -0.25) is 4.79 Å². The van der Waals surface area contributed by atoms with Crippen molar-refractivity contribution in [3.8, 4) is 16.9 Å². The molecule has 0 atom stereocenters. The van der Waals surface area contributed by atoms with Crippen molar-refractivity contribution in [3.63, 3.8) is 0 Å². The Bertz CT molecular complexity index is 1000. The third-order valence-corrected chi connectivity index (χ3v) is 5.55. The van der Waals surface area contributed by atoms with Crippen LogP contribution in [0.15, 0.2) is 42.2 Å². The van der Waals surface area contributed by atoms with Gasteiger partial charge in [0.1, 0.15) is 22.7 Å². The van der Waals surface area contributed by atoms with Crippen LogP contribution in [0.3, 0.4) is 0 Å². The first-order valence-electron chi connectivity index (χ1n) is 9.67.